The summed E-state index contributed by atoms with van der Waals surface area (Å²) >= 11 is 0. The van der Waals surface area contributed by atoms with Gasteiger partial charge in [0.25, 0.3) is 0 Å². The number of carbonyl (C=O) groups excluding carboxylic acids is 1. The first-order chi connectivity index (χ1) is 7.74. The van der Waals surface area contributed by atoms with Crippen LogP contribution in [0.5, 0.6) is 0 Å². The topological polar surface area (TPSA) is 32.8 Å². The van der Waals surface area contributed by atoms with Crippen LogP contribution in [-0.4, -0.2) is 39.8 Å². The number of hydrogen-bond acceptors (Lipinski definition) is 3. The minimum absolute atomic E-state index is 0.120. The van der Waals surface area contributed by atoms with Gasteiger partial charge in [-0.2, -0.15) is 0 Å². The molecule has 86 valence electrons. The van der Waals surface area contributed by atoms with Crippen molar-refractivity contribution in [2.24, 2.45) is 0 Å². The molecule has 0 radical (unpaired) electrons. The molecule has 1 heterocycles. The standard InChI is InChI=1S/C12H16N2O2/c1-13-10-5-3-4-6-11(10)14(7-8-16-2)9-12(13)15/h3-6H,7-9H2,1-2H3. The van der Waals surface area contributed by atoms with Crippen LogP contribution < -0.4 is 9.80 Å². The number of para-hydroxylation sites is 2. The van der Waals surface area contributed by atoms with Crippen molar-refractivity contribution in [1.82, 2.24) is 0 Å². The Morgan fingerprint density at radius 1 is 1.31 bits per heavy atom. The van der Waals surface area contributed by atoms with E-state index in [0.29, 0.717) is 13.2 Å². The molecular weight excluding hydrogens is 204 g/mol. The molecule has 1 amide bonds. The third-order valence-corrected chi connectivity index (χ3v) is 2.85. The van der Waals surface area contributed by atoms with Crippen LogP contribution in [0.4, 0.5) is 11.4 Å². The lowest BCUT2D eigenvalue weighted by Gasteiger charge is -2.35. The fraction of sp³-hybridized carbons (Fsp3) is 0.417. The molecule has 0 saturated heterocycles. The molecule has 0 aliphatic carbocycles. The highest BCUT2D eigenvalue weighted by atomic mass is 16.5. The van der Waals surface area contributed by atoms with Gasteiger partial charge in [-0.3, -0.25) is 4.79 Å². The summed E-state index contributed by atoms with van der Waals surface area (Å²) in [4.78, 5) is 15.5. The van der Waals surface area contributed by atoms with Crippen molar-refractivity contribution in [3.63, 3.8) is 0 Å². The fourth-order valence-corrected chi connectivity index (χ4v) is 1.91. The summed E-state index contributed by atoms with van der Waals surface area (Å²) < 4.78 is 5.06. The van der Waals surface area contributed by atoms with Gasteiger partial charge < -0.3 is 14.5 Å². The molecule has 1 aliphatic rings. The highest BCUT2D eigenvalue weighted by Crippen LogP contribution is 2.31. The smallest absolute Gasteiger partial charge is 0.246 e. The minimum Gasteiger partial charge on any atom is -0.383 e. The Morgan fingerprint density at radius 3 is 2.69 bits per heavy atom. The summed E-state index contributed by atoms with van der Waals surface area (Å²) in [5, 5.41) is 0. The van der Waals surface area contributed by atoms with Crippen molar-refractivity contribution in [1.29, 1.82) is 0 Å². The van der Waals surface area contributed by atoms with Gasteiger partial charge in [-0.15, -0.1) is 0 Å². The number of amides is 1. The van der Waals surface area contributed by atoms with Crippen molar-refractivity contribution >= 4 is 17.3 Å². The van der Waals surface area contributed by atoms with E-state index in [9.17, 15) is 4.79 Å². The maximum atomic E-state index is 11.8. The number of nitrogens with zero attached hydrogens (tertiary/aromatic N) is 2. The molecule has 4 nitrogen and oxygen atoms in total. The first-order valence-corrected chi connectivity index (χ1v) is 5.33. The van der Waals surface area contributed by atoms with E-state index in [0.717, 1.165) is 17.9 Å². The predicted octanol–water partition coefficient (Wildman–Crippen LogP) is 1.12. The largest absolute Gasteiger partial charge is 0.383 e. The molecule has 0 atom stereocenters. The van der Waals surface area contributed by atoms with E-state index in [1.165, 1.54) is 0 Å². The quantitative estimate of drug-likeness (QED) is 0.765. The van der Waals surface area contributed by atoms with E-state index in [-0.39, 0.29) is 5.91 Å². The Kier molecular flexibility index (Phi) is 3.10. The Labute approximate surface area is 95.4 Å². The lowest BCUT2D eigenvalue weighted by molar-refractivity contribution is -0.117. The first-order valence-electron chi connectivity index (χ1n) is 5.33. The molecule has 1 aromatic rings. The van der Waals surface area contributed by atoms with Gasteiger partial charge in [0.2, 0.25) is 5.91 Å². The van der Waals surface area contributed by atoms with Gasteiger partial charge >= 0.3 is 0 Å². The number of rotatable bonds is 3. The second-order valence-electron chi connectivity index (χ2n) is 3.86. The second-order valence-corrected chi connectivity index (χ2v) is 3.86. The van der Waals surface area contributed by atoms with E-state index in [4.69, 9.17) is 4.74 Å². The van der Waals surface area contributed by atoms with Crippen LogP contribution in [0.25, 0.3) is 0 Å². The van der Waals surface area contributed by atoms with E-state index in [2.05, 4.69) is 4.90 Å². The normalized spacial score (nSPS) is 15.2. The van der Waals surface area contributed by atoms with Crippen molar-refractivity contribution < 1.29 is 9.53 Å². The molecule has 1 aromatic carbocycles. The first kappa shape index (κ1) is 11.0. The van der Waals surface area contributed by atoms with Gasteiger partial charge in [-0.05, 0) is 12.1 Å². The molecular formula is C12H16N2O2. The number of carbonyl (C=O) groups is 1. The average Bonchev–Trinajstić information content (AvgIpc) is 2.32. The Morgan fingerprint density at radius 2 is 2.00 bits per heavy atom. The highest BCUT2D eigenvalue weighted by molar-refractivity contribution is 6.02. The van der Waals surface area contributed by atoms with Crippen LogP contribution >= 0.6 is 0 Å². The van der Waals surface area contributed by atoms with Crippen molar-refractivity contribution in [2.75, 3.05) is 43.7 Å². The molecule has 0 spiro atoms. The Bertz CT molecular complexity index is 392. The summed E-state index contributed by atoms with van der Waals surface area (Å²) in [6, 6.07) is 7.94. The summed E-state index contributed by atoms with van der Waals surface area (Å²) in [6.45, 7) is 1.80. The summed E-state index contributed by atoms with van der Waals surface area (Å²) in [7, 11) is 3.48. The molecule has 2 rings (SSSR count). The number of anilines is 2. The fourth-order valence-electron chi connectivity index (χ4n) is 1.91. The van der Waals surface area contributed by atoms with Crippen LogP contribution in [0.15, 0.2) is 24.3 Å². The van der Waals surface area contributed by atoms with E-state index >= 15 is 0 Å². The SMILES string of the molecule is COCCN1CC(=O)N(C)c2ccccc21. The molecule has 0 saturated carbocycles. The zero-order valence-electron chi connectivity index (χ0n) is 9.64. The Balaban J connectivity index is 2.29. The number of ether oxygens (including phenoxy) is 1. The van der Waals surface area contributed by atoms with Gasteiger partial charge in [0.15, 0.2) is 0 Å². The minimum atomic E-state index is 0.120. The summed E-state index contributed by atoms with van der Waals surface area (Å²) in [5.41, 5.74) is 2.07. The number of hydrogen-bond donors (Lipinski definition) is 0. The van der Waals surface area contributed by atoms with Crippen molar-refractivity contribution in [2.45, 2.75) is 0 Å². The van der Waals surface area contributed by atoms with Gasteiger partial charge in [-0.25, -0.2) is 0 Å². The Hall–Kier alpha value is -1.55. The van der Waals surface area contributed by atoms with Crippen LogP contribution in [0.2, 0.25) is 0 Å². The molecule has 16 heavy (non-hydrogen) atoms. The molecule has 0 aromatic heterocycles. The third kappa shape index (κ3) is 1.88. The molecule has 0 bridgehead atoms. The van der Waals surface area contributed by atoms with Crippen molar-refractivity contribution in [3.8, 4) is 0 Å². The zero-order chi connectivity index (χ0) is 11.5. The van der Waals surface area contributed by atoms with Gasteiger partial charge in [-0.1, -0.05) is 12.1 Å². The van der Waals surface area contributed by atoms with Crippen LogP contribution in [0, 0.1) is 0 Å². The van der Waals surface area contributed by atoms with E-state index in [1.807, 2.05) is 31.3 Å². The zero-order valence-corrected chi connectivity index (χ0v) is 9.64. The van der Waals surface area contributed by atoms with E-state index < -0.39 is 0 Å². The summed E-state index contributed by atoms with van der Waals surface area (Å²) in [5.74, 6) is 0.120. The van der Waals surface area contributed by atoms with E-state index in [1.54, 1.807) is 12.0 Å². The summed E-state index contributed by atoms with van der Waals surface area (Å²) in [6.07, 6.45) is 0. The number of fused-ring (bicyclic) bond motifs is 1. The van der Waals surface area contributed by atoms with Crippen LogP contribution in [0.3, 0.4) is 0 Å². The van der Waals surface area contributed by atoms with Crippen molar-refractivity contribution in [3.05, 3.63) is 24.3 Å². The molecule has 1 aliphatic heterocycles. The van der Waals surface area contributed by atoms with Gasteiger partial charge in [0, 0.05) is 20.7 Å². The lowest BCUT2D eigenvalue weighted by atomic mass is 10.1. The number of benzene rings is 1. The van der Waals surface area contributed by atoms with Gasteiger partial charge in [0.05, 0.1) is 24.5 Å². The third-order valence-electron chi connectivity index (χ3n) is 2.85. The molecule has 0 N–H and O–H groups in total. The molecule has 0 fully saturated rings. The van der Waals surface area contributed by atoms with Crippen LogP contribution in [0.1, 0.15) is 0 Å². The second kappa shape index (κ2) is 4.53. The monoisotopic (exact) mass is 220 g/mol. The maximum Gasteiger partial charge on any atom is 0.246 e. The molecule has 0 unspecified atom stereocenters. The molecule has 4 heteroatoms. The highest BCUT2D eigenvalue weighted by Gasteiger charge is 2.25. The lowest BCUT2D eigenvalue weighted by Crippen LogP contribution is -2.45. The number of methoxy groups -OCH3 is 1. The predicted molar refractivity (Wildman–Crippen MR) is 63.9 cm³/mol. The van der Waals surface area contributed by atoms with Crippen LogP contribution in [-0.2, 0) is 9.53 Å². The number of likely N-dealkylation sites (N-methyl/N-ethyl adjacent to an activating group) is 1. The average molecular weight is 220 g/mol. The maximum absolute atomic E-state index is 11.8. The van der Waals surface area contributed by atoms with Gasteiger partial charge in [0.1, 0.15) is 0 Å².